The number of esters is 2. The van der Waals surface area contributed by atoms with E-state index in [4.69, 9.17) is 28.4 Å². The van der Waals surface area contributed by atoms with Crippen molar-refractivity contribution < 1.29 is 38.0 Å². The molecule has 0 aliphatic rings. The van der Waals surface area contributed by atoms with Crippen molar-refractivity contribution in [3.05, 3.63) is 50.3 Å². The third kappa shape index (κ3) is 17.7. The standard InChI is InChI=1S/C22H34O8/c1-5-19(4)27-13-8-11-25-17-20(28-14-10-16-30-22(24)7-3)18-26-12-9-15-29-21(23)6-2/h5-7,20H,1-4,8-18H2. The second-order valence-corrected chi connectivity index (χ2v) is 5.97. The van der Waals surface area contributed by atoms with Crippen LogP contribution in [0.3, 0.4) is 0 Å². The summed E-state index contributed by atoms with van der Waals surface area (Å²) in [6.07, 6.45) is 5.32. The molecule has 0 amide bonds. The number of rotatable bonds is 21. The summed E-state index contributed by atoms with van der Waals surface area (Å²) >= 11 is 0. The molecular formula is C22H34O8. The second kappa shape index (κ2) is 19.9. The number of allylic oxidation sites excluding steroid dienone is 1. The molecule has 170 valence electrons. The first-order valence-electron chi connectivity index (χ1n) is 9.83. The van der Waals surface area contributed by atoms with E-state index in [2.05, 4.69) is 26.3 Å². The van der Waals surface area contributed by atoms with Crippen LogP contribution in [0.2, 0.25) is 0 Å². The Kier molecular flexibility index (Phi) is 18.3. The van der Waals surface area contributed by atoms with Crippen molar-refractivity contribution in [2.24, 2.45) is 0 Å². The molecule has 30 heavy (non-hydrogen) atoms. The Labute approximate surface area is 179 Å². The molecule has 0 heterocycles. The molecule has 0 aromatic rings. The lowest BCUT2D eigenvalue weighted by atomic mass is 10.4. The van der Waals surface area contributed by atoms with E-state index in [0.717, 1.165) is 12.2 Å². The maximum atomic E-state index is 11.0. The molecule has 8 nitrogen and oxygen atoms in total. The van der Waals surface area contributed by atoms with Crippen LogP contribution < -0.4 is 0 Å². The van der Waals surface area contributed by atoms with Crippen LogP contribution >= 0.6 is 0 Å². The third-order valence-corrected chi connectivity index (χ3v) is 3.45. The van der Waals surface area contributed by atoms with Gasteiger partial charge < -0.3 is 28.4 Å². The Morgan fingerprint density at radius 1 is 0.667 bits per heavy atom. The number of carbonyl (C=O) groups is 2. The minimum atomic E-state index is -0.461. The normalized spacial score (nSPS) is 11.2. The van der Waals surface area contributed by atoms with Crippen LogP contribution in [0.5, 0.6) is 0 Å². The summed E-state index contributed by atoms with van der Waals surface area (Å²) in [5, 5.41) is 0. The van der Waals surface area contributed by atoms with Gasteiger partial charge in [-0.25, -0.2) is 9.59 Å². The summed E-state index contributed by atoms with van der Waals surface area (Å²) in [7, 11) is 0. The molecule has 0 spiro atoms. The highest BCUT2D eigenvalue weighted by Gasteiger charge is 2.10. The van der Waals surface area contributed by atoms with E-state index in [-0.39, 0.29) is 19.3 Å². The Morgan fingerprint density at radius 3 is 1.60 bits per heavy atom. The second-order valence-electron chi connectivity index (χ2n) is 5.97. The van der Waals surface area contributed by atoms with Crippen LogP contribution in [0.1, 0.15) is 19.3 Å². The van der Waals surface area contributed by atoms with Gasteiger partial charge in [-0.15, -0.1) is 0 Å². The average Bonchev–Trinajstić information content (AvgIpc) is 2.76. The average molecular weight is 427 g/mol. The van der Waals surface area contributed by atoms with E-state index in [1.807, 2.05) is 0 Å². The van der Waals surface area contributed by atoms with Gasteiger partial charge in [0.05, 0.1) is 39.6 Å². The van der Waals surface area contributed by atoms with E-state index in [0.29, 0.717) is 64.7 Å². The lowest BCUT2D eigenvalue weighted by Crippen LogP contribution is -2.27. The van der Waals surface area contributed by atoms with E-state index in [1.54, 1.807) is 6.08 Å². The Balaban J connectivity index is 4.05. The number of carbonyl (C=O) groups excluding carboxylic acids is 2. The number of hydrogen-bond acceptors (Lipinski definition) is 8. The summed E-state index contributed by atoms with van der Waals surface area (Å²) in [4.78, 5) is 22.0. The molecule has 1 atom stereocenters. The van der Waals surface area contributed by atoms with Crippen molar-refractivity contribution in [3.63, 3.8) is 0 Å². The van der Waals surface area contributed by atoms with Crippen molar-refractivity contribution in [3.8, 4) is 0 Å². The topological polar surface area (TPSA) is 89.5 Å². The molecule has 0 N–H and O–H groups in total. The van der Waals surface area contributed by atoms with Gasteiger partial charge in [0.15, 0.2) is 0 Å². The van der Waals surface area contributed by atoms with Crippen LogP contribution in [0.4, 0.5) is 0 Å². The molecule has 0 aliphatic heterocycles. The largest absolute Gasteiger partial charge is 0.494 e. The first-order chi connectivity index (χ1) is 14.5. The fourth-order valence-electron chi connectivity index (χ4n) is 1.93. The molecule has 0 aliphatic carbocycles. The van der Waals surface area contributed by atoms with Crippen LogP contribution in [-0.2, 0) is 38.0 Å². The zero-order valence-corrected chi connectivity index (χ0v) is 17.7. The van der Waals surface area contributed by atoms with Gasteiger partial charge in [0.25, 0.3) is 0 Å². The predicted octanol–water partition coefficient (Wildman–Crippen LogP) is 2.75. The highest BCUT2D eigenvalue weighted by atomic mass is 16.6. The Morgan fingerprint density at radius 2 is 1.13 bits per heavy atom. The molecule has 1 unspecified atom stereocenters. The first kappa shape index (κ1) is 27.6. The Hall–Kier alpha value is -2.42. The van der Waals surface area contributed by atoms with Crippen LogP contribution in [0.25, 0.3) is 0 Å². The SMILES string of the molecule is C=CC(=C)OCCCOCC(COCCCOC(=O)C=C)OCCCOC(=O)C=C. The van der Waals surface area contributed by atoms with Gasteiger partial charge in [0.1, 0.15) is 11.9 Å². The quantitative estimate of drug-likeness (QED) is 0.0910. The molecule has 0 fully saturated rings. The predicted molar refractivity (Wildman–Crippen MR) is 113 cm³/mol. The lowest BCUT2D eigenvalue weighted by molar-refractivity contribution is -0.139. The monoisotopic (exact) mass is 426 g/mol. The van der Waals surface area contributed by atoms with E-state index in [9.17, 15) is 9.59 Å². The van der Waals surface area contributed by atoms with Gasteiger partial charge in [-0.2, -0.15) is 0 Å². The molecule has 0 saturated carbocycles. The highest BCUT2D eigenvalue weighted by molar-refractivity contribution is 5.81. The molecular weight excluding hydrogens is 392 g/mol. The third-order valence-electron chi connectivity index (χ3n) is 3.45. The van der Waals surface area contributed by atoms with E-state index < -0.39 is 11.9 Å². The highest BCUT2D eigenvalue weighted by Crippen LogP contribution is 2.01. The Bertz CT molecular complexity index is 497. The molecule has 0 saturated heterocycles. The molecule has 0 bridgehead atoms. The van der Waals surface area contributed by atoms with Gasteiger partial charge in [-0.05, 0) is 6.08 Å². The van der Waals surface area contributed by atoms with Crippen molar-refractivity contribution in [2.45, 2.75) is 25.4 Å². The summed E-state index contributed by atoms with van der Waals surface area (Å²) < 4.78 is 32.1. The van der Waals surface area contributed by atoms with Gasteiger partial charge in [-0.1, -0.05) is 26.3 Å². The zero-order valence-electron chi connectivity index (χ0n) is 17.7. The molecule has 0 radical (unpaired) electrons. The number of hydrogen-bond donors (Lipinski definition) is 0. The molecule has 0 aromatic heterocycles. The fourth-order valence-corrected chi connectivity index (χ4v) is 1.93. The van der Waals surface area contributed by atoms with Crippen molar-refractivity contribution in [1.82, 2.24) is 0 Å². The van der Waals surface area contributed by atoms with Crippen LogP contribution in [0.15, 0.2) is 50.3 Å². The molecule has 8 heteroatoms. The van der Waals surface area contributed by atoms with Crippen molar-refractivity contribution in [2.75, 3.05) is 52.9 Å². The lowest BCUT2D eigenvalue weighted by Gasteiger charge is -2.18. The fraction of sp³-hybridized carbons (Fsp3) is 0.545. The molecule has 0 rings (SSSR count). The van der Waals surface area contributed by atoms with Crippen molar-refractivity contribution in [1.29, 1.82) is 0 Å². The minimum Gasteiger partial charge on any atom is -0.494 e. The van der Waals surface area contributed by atoms with Gasteiger partial charge in [-0.3, -0.25) is 0 Å². The first-order valence-corrected chi connectivity index (χ1v) is 9.83. The van der Waals surface area contributed by atoms with Gasteiger partial charge in [0, 0.05) is 44.6 Å². The van der Waals surface area contributed by atoms with Crippen LogP contribution in [0, 0.1) is 0 Å². The minimum absolute atomic E-state index is 0.248. The van der Waals surface area contributed by atoms with Crippen molar-refractivity contribution >= 4 is 11.9 Å². The smallest absolute Gasteiger partial charge is 0.330 e. The summed E-state index contributed by atoms with van der Waals surface area (Å²) in [5.41, 5.74) is 0. The molecule has 0 aromatic carbocycles. The van der Waals surface area contributed by atoms with Crippen LogP contribution in [-0.4, -0.2) is 70.9 Å². The summed E-state index contributed by atoms with van der Waals surface area (Å²) in [5.74, 6) is -0.389. The maximum Gasteiger partial charge on any atom is 0.330 e. The van der Waals surface area contributed by atoms with E-state index >= 15 is 0 Å². The summed E-state index contributed by atoms with van der Waals surface area (Å²) in [6.45, 7) is 16.9. The van der Waals surface area contributed by atoms with E-state index in [1.165, 1.54) is 0 Å². The number of ether oxygens (including phenoxy) is 6. The van der Waals surface area contributed by atoms with Gasteiger partial charge >= 0.3 is 11.9 Å². The van der Waals surface area contributed by atoms with Gasteiger partial charge in [0.2, 0.25) is 0 Å². The zero-order chi connectivity index (χ0) is 22.5. The maximum absolute atomic E-state index is 11.0. The summed E-state index contributed by atoms with van der Waals surface area (Å²) in [6, 6.07) is 0.